The first kappa shape index (κ1) is 17.9. The van der Waals surface area contributed by atoms with Gasteiger partial charge in [0.25, 0.3) is 6.43 Å². The Morgan fingerprint density at radius 2 is 1.81 bits per heavy atom. The number of alkyl halides is 2. The van der Waals surface area contributed by atoms with Gasteiger partial charge >= 0.3 is 6.01 Å². The van der Waals surface area contributed by atoms with Crippen molar-refractivity contribution in [1.29, 1.82) is 0 Å². The first-order valence-corrected chi connectivity index (χ1v) is 9.23. The highest BCUT2D eigenvalue weighted by atomic mass is 19.3. The molecule has 6 nitrogen and oxygen atoms in total. The zero-order valence-corrected chi connectivity index (χ0v) is 15.1. The van der Waals surface area contributed by atoms with Crippen molar-refractivity contribution in [2.75, 3.05) is 18.4 Å². The van der Waals surface area contributed by atoms with Gasteiger partial charge in [-0.15, -0.1) is 5.10 Å². The zero-order chi connectivity index (χ0) is 19.0. The number of aromatic nitrogens is 2. The summed E-state index contributed by atoms with van der Waals surface area (Å²) in [5.74, 6) is 0.234. The van der Waals surface area contributed by atoms with Crippen molar-refractivity contribution < 1.29 is 18.0 Å². The number of halogens is 2. The lowest BCUT2D eigenvalue weighted by Crippen LogP contribution is -2.45. The molecule has 0 radical (unpaired) electrons. The maximum absolute atomic E-state index is 12.6. The van der Waals surface area contributed by atoms with Crippen LogP contribution in [0.25, 0.3) is 11.5 Å². The highest BCUT2D eigenvalue weighted by molar-refractivity contribution is 5.83. The van der Waals surface area contributed by atoms with Crippen molar-refractivity contribution in [3.05, 3.63) is 29.8 Å². The minimum absolute atomic E-state index is 0.0199. The Balaban J connectivity index is 1.36. The quantitative estimate of drug-likeness (QED) is 0.858. The number of nitrogens with zero attached hydrogens (tertiary/aromatic N) is 3. The molecule has 0 bridgehead atoms. The Bertz CT molecular complexity index is 807. The molecule has 1 aliphatic heterocycles. The van der Waals surface area contributed by atoms with Gasteiger partial charge in [-0.25, -0.2) is 8.78 Å². The largest absolute Gasteiger partial charge is 0.403 e. The van der Waals surface area contributed by atoms with Gasteiger partial charge in [-0.2, -0.15) is 0 Å². The van der Waals surface area contributed by atoms with E-state index in [0.29, 0.717) is 11.0 Å². The number of amides is 1. The number of rotatable bonds is 5. The molecule has 1 saturated heterocycles. The van der Waals surface area contributed by atoms with Crippen molar-refractivity contribution in [2.24, 2.45) is 5.41 Å². The summed E-state index contributed by atoms with van der Waals surface area (Å²) in [5, 5.41) is 10.8. The maximum atomic E-state index is 12.6. The van der Waals surface area contributed by atoms with E-state index >= 15 is 0 Å². The molecule has 2 fully saturated rings. The number of likely N-dealkylation sites (tertiary alicyclic amines) is 1. The van der Waals surface area contributed by atoms with Crippen LogP contribution in [0.15, 0.2) is 28.7 Å². The van der Waals surface area contributed by atoms with E-state index in [9.17, 15) is 13.6 Å². The normalized spacial score (nSPS) is 19.3. The number of hydrogen-bond donors (Lipinski definition) is 1. The second-order valence-electron chi connectivity index (χ2n) is 7.53. The van der Waals surface area contributed by atoms with E-state index in [0.717, 1.165) is 25.9 Å². The van der Waals surface area contributed by atoms with E-state index in [1.807, 2.05) is 4.90 Å². The molecule has 0 unspecified atom stereocenters. The lowest BCUT2D eigenvalue weighted by Gasteiger charge is -2.33. The summed E-state index contributed by atoms with van der Waals surface area (Å²) < 4.78 is 30.8. The van der Waals surface area contributed by atoms with Crippen LogP contribution < -0.4 is 5.32 Å². The van der Waals surface area contributed by atoms with Gasteiger partial charge in [0.05, 0.1) is 0 Å². The molecule has 2 aliphatic rings. The summed E-state index contributed by atoms with van der Waals surface area (Å²) in [5.41, 5.74) is 1.00. The molecule has 1 saturated carbocycles. The first-order valence-electron chi connectivity index (χ1n) is 9.23. The number of carbonyl (C=O) groups is 1. The average molecular weight is 376 g/mol. The van der Waals surface area contributed by atoms with Crippen molar-refractivity contribution in [3.63, 3.8) is 0 Å². The third-order valence-corrected chi connectivity index (χ3v) is 5.64. The molecular formula is C19H22F2N4O2. The van der Waals surface area contributed by atoms with Gasteiger partial charge in [-0.1, -0.05) is 17.2 Å². The fourth-order valence-corrected chi connectivity index (χ4v) is 3.57. The molecule has 1 aliphatic carbocycles. The van der Waals surface area contributed by atoms with Crippen LogP contribution in [0, 0.1) is 5.41 Å². The van der Waals surface area contributed by atoms with Crippen LogP contribution in [-0.2, 0) is 4.79 Å². The topological polar surface area (TPSA) is 71.3 Å². The molecule has 144 valence electrons. The first-order chi connectivity index (χ1) is 13.0. The number of benzene rings is 1. The molecule has 1 N–H and O–H groups in total. The fourth-order valence-electron chi connectivity index (χ4n) is 3.57. The average Bonchev–Trinajstić information content (AvgIpc) is 3.26. The van der Waals surface area contributed by atoms with Crippen LogP contribution >= 0.6 is 0 Å². The van der Waals surface area contributed by atoms with E-state index in [2.05, 4.69) is 15.5 Å². The third kappa shape index (κ3) is 3.79. The molecule has 27 heavy (non-hydrogen) atoms. The second-order valence-corrected chi connectivity index (χ2v) is 7.53. The summed E-state index contributed by atoms with van der Waals surface area (Å²) in [6.07, 6.45) is 2.25. The van der Waals surface area contributed by atoms with Crippen LogP contribution in [0.5, 0.6) is 0 Å². The molecule has 2 aromatic rings. The van der Waals surface area contributed by atoms with Crippen LogP contribution in [0.3, 0.4) is 0 Å². The Kier molecular flexibility index (Phi) is 4.57. The number of anilines is 1. The lowest BCUT2D eigenvalue weighted by molar-refractivity contribution is -0.133. The van der Waals surface area contributed by atoms with E-state index in [-0.39, 0.29) is 23.4 Å². The summed E-state index contributed by atoms with van der Waals surface area (Å²) in [4.78, 5) is 14.5. The van der Waals surface area contributed by atoms with Gasteiger partial charge in [-0.3, -0.25) is 4.79 Å². The van der Waals surface area contributed by atoms with E-state index in [1.165, 1.54) is 37.1 Å². The molecular weight excluding hydrogens is 354 g/mol. The zero-order valence-electron chi connectivity index (χ0n) is 15.1. The minimum atomic E-state index is -2.52. The highest BCUT2D eigenvalue weighted by Crippen LogP contribution is 2.53. The van der Waals surface area contributed by atoms with Crippen LogP contribution in [0.2, 0.25) is 0 Å². The fraction of sp³-hybridized carbons (Fsp3) is 0.526. The van der Waals surface area contributed by atoms with Crippen molar-refractivity contribution in [1.82, 2.24) is 15.1 Å². The van der Waals surface area contributed by atoms with Gasteiger partial charge in [0.2, 0.25) is 11.8 Å². The van der Waals surface area contributed by atoms with Crippen LogP contribution in [0.1, 0.15) is 44.6 Å². The smallest absolute Gasteiger partial charge is 0.316 e. The van der Waals surface area contributed by atoms with E-state index < -0.39 is 12.5 Å². The van der Waals surface area contributed by atoms with E-state index in [1.54, 1.807) is 6.92 Å². The SMILES string of the molecule is C[C@H](Nc1nnc(-c2ccc(C(F)F)cc2)o1)C(=O)N1CCC2(CC1)CC2. The van der Waals surface area contributed by atoms with Gasteiger partial charge in [-0.05, 0) is 50.2 Å². The van der Waals surface area contributed by atoms with E-state index in [4.69, 9.17) is 4.42 Å². The predicted octanol–water partition coefficient (Wildman–Crippen LogP) is 3.88. The second kappa shape index (κ2) is 6.90. The number of piperidine rings is 1. The summed E-state index contributed by atoms with van der Waals surface area (Å²) in [6, 6.07) is 5.33. The van der Waals surface area contributed by atoms with Gasteiger partial charge < -0.3 is 14.6 Å². The molecule has 1 aromatic carbocycles. The van der Waals surface area contributed by atoms with Gasteiger partial charge in [0.1, 0.15) is 6.04 Å². The van der Waals surface area contributed by atoms with Gasteiger partial charge in [0.15, 0.2) is 0 Å². The van der Waals surface area contributed by atoms with Crippen LogP contribution in [0.4, 0.5) is 14.8 Å². The Hall–Kier alpha value is -2.51. The van der Waals surface area contributed by atoms with Crippen molar-refractivity contribution in [3.8, 4) is 11.5 Å². The molecule has 1 atom stereocenters. The minimum Gasteiger partial charge on any atom is -0.403 e. The molecule has 1 spiro atoms. The molecule has 8 heteroatoms. The Morgan fingerprint density at radius 3 is 2.41 bits per heavy atom. The van der Waals surface area contributed by atoms with Crippen molar-refractivity contribution >= 4 is 11.9 Å². The molecule has 1 amide bonds. The Morgan fingerprint density at radius 1 is 1.15 bits per heavy atom. The Labute approximate surface area is 155 Å². The monoisotopic (exact) mass is 376 g/mol. The third-order valence-electron chi connectivity index (χ3n) is 5.64. The molecule has 2 heterocycles. The standard InChI is InChI=1S/C19H22F2N4O2/c1-12(17(26)25-10-8-19(6-7-19)9-11-25)22-18-24-23-16(27-18)14-4-2-13(3-5-14)15(20)21/h2-5,12,15H,6-11H2,1H3,(H,22,24)/t12-/m0/s1. The van der Waals surface area contributed by atoms with Gasteiger partial charge in [0, 0.05) is 24.2 Å². The predicted molar refractivity (Wildman–Crippen MR) is 95.3 cm³/mol. The maximum Gasteiger partial charge on any atom is 0.316 e. The summed E-state index contributed by atoms with van der Waals surface area (Å²) >= 11 is 0. The van der Waals surface area contributed by atoms with Crippen molar-refractivity contribution in [2.45, 2.75) is 45.1 Å². The molecule has 4 rings (SSSR count). The number of carbonyl (C=O) groups excluding carboxylic acids is 1. The number of nitrogens with one attached hydrogen (secondary N) is 1. The lowest BCUT2D eigenvalue weighted by atomic mass is 9.93. The highest BCUT2D eigenvalue weighted by Gasteiger charge is 2.45. The summed E-state index contributed by atoms with van der Waals surface area (Å²) in [6.45, 7) is 3.37. The number of hydrogen-bond acceptors (Lipinski definition) is 5. The van der Waals surface area contributed by atoms with Crippen LogP contribution in [-0.4, -0.2) is 40.1 Å². The molecule has 1 aromatic heterocycles. The summed E-state index contributed by atoms with van der Waals surface area (Å²) in [7, 11) is 0.